The highest BCUT2D eigenvalue weighted by Gasteiger charge is 2.15. The molecule has 112 valence electrons. The summed E-state index contributed by atoms with van der Waals surface area (Å²) >= 11 is 0. The summed E-state index contributed by atoms with van der Waals surface area (Å²) in [5.41, 5.74) is 0. The van der Waals surface area contributed by atoms with Crippen molar-refractivity contribution >= 4 is 15.6 Å². The number of nitrogens with zero attached hydrogens (tertiary/aromatic N) is 3. The van der Waals surface area contributed by atoms with E-state index in [2.05, 4.69) is 15.0 Å². The molecule has 0 bridgehead atoms. The van der Waals surface area contributed by atoms with Gasteiger partial charge in [0.2, 0.25) is 0 Å². The van der Waals surface area contributed by atoms with Gasteiger partial charge in [-0.3, -0.25) is 4.79 Å². The molecule has 1 aromatic rings. The number of rotatable bonds is 9. The standard InChI is InChI=1S/C13H21N3O3S/c1-11(2)20(18,19)7-5-3-4-6-12(17)8-13-15-9-14-10-16-13/h9-11H,3-8H2,1-2H3. The summed E-state index contributed by atoms with van der Waals surface area (Å²) in [4.78, 5) is 23.1. The maximum atomic E-state index is 11.7. The second-order valence-corrected chi connectivity index (χ2v) is 7.67. The summed E-state index contributed by atoms with van der Waals surface area (Å²) < 4.78 is 23.2. The molecule has 0 aliphatic heterocycles. The molecular weight excluding hydrogens is 278 g/mol. The zero-order valence-corrected chi connectivity index (χ0v) is 12.8. The van der Waals surface area contributed by atoms with Crippen LogP contribution in [0.4, 0.5) is 0 Å². The van der Waals surface area contributed by atoms with E-state index in [0.29, 0.717) is 25.1 Å². The van der Waals surface area contributed by atoms with Crippen molar-refractivity contribution in [1.29, 1.82) is 0 Å². The predicted molar refractivity (Wildman–Crippen MR) is 75.9 cm³/mol. The van der Waals surface area contributed by atoms with Gasteiger partial charge in [-0.1, -0.05) is 6.42 Å². The number of ketones is 1. The Balaban J connectivity index is 2.17. The van der Waals surface area contributed by atoms with Crippen molar-refractivity contribution in [3.63, 3.8) is 0 Å². The molecule has 0 unspecified atom stereocenters. The quantitative estimate of drug-likeness (QED) is 0.640. The predicted octanol–water partition coefficient (Wildman–Crippen LogP) is 1.37. The molecule has 0 aliphatic rings. The minimum absolute atomic E-state index is 0.0721. The maximum Gasteiger partial charge on any atom is 0.152 e. The molecule has 7 heteroatoms. The van der Waals surface area contributed by atoms with Gasteiger partial charge in [-0.2, -0.15) is 0 Å². The Kier molecular flexibility index (Phi) is 6.70. The largest absolute Gasteiger partial charge is 0.299 e. The van der Waals surface area contributed by atoms with Crippen molar-refractivity contribution in [3.8, 4) is 0 Å². The van der Waals surface area contributed by atoms with E-state index in [-0.39, 0.29) is 23.2 Å². The van der Waals surface area contributed by atoms with Crippen LogP contribution in [0, 0.1) is 0 Å². The molecular formula is C13H21N3O3S. The molecule has 6 nitrogen and oxygen atoms in total. The number of aromatic nitrogens is 3. The molecule has 0 amide bonds. The van der Waals surface area contributed by atoms with E-state index in [1.165, 1.54) is 12.7 Å². The first kappa shape index (κ1) is 16.7. The Morgan fingerprint density at radius 1 is 1.15 bits per heavy atom. The molecule has 0 aliphatic carbocycles. The van der Waals surface area contributed by atoms with Crippen LogP contribution in [0.2, 0.25) is 0 Å². The fraction of sp³-hybridized carbons (Fsp3) is 0.692. The molecule has 0 radical (unpaired) electrons. The highest BCUT2D eigenvalue weighted by Crippen LogP contribution is 2.08. The van der Waals surface area contributed by atoms with E-state index >= 15 is 0 Å². The second-order valence-electron chi connectivity index (χ2n) is 5.00. The van der Waals surface area contributed by atoms with E-state index in [1.807, 2.05) is 0 Å². The summed E-state index contributed by atoms with van der Waals surface area (Å²) in [6.45, 7) is 3.38. The topological polar surface area (TPSA) is 89.9 Å². The van der Waals surface area contributed by atoms with Crippen molar-refractivity contribution in [2.24, 2.45) is 0 Å². The number of carbonyl (C=O) groups is 1. The van der Waals surface area contributed by atoms with Crippen LogP contribution < -0.4 is 0 Å². The Bertz CT molecular complexity index is 515. The summed E-state index contributed by atoms with van der Waals surface area (Å²) in [7, 11) is -2.96. The average Bonchev–Trinajstić information content (AvgIpc) is 2.39. The Labute approximate surface area is 120 Å². The molecule has 0 spiro atoms. The molecule has 1 aromatic heterocycles. The number of unbranched alkanes of at least 4 members (excludes halogenated alkanes) is 2. The first-order chi connectivity index (χ1) is 9.42. The fourth-order valence-corrected chi connectivity index (χ4v) is 2.73. The van der Waals surface area contributed by atoms with Crippen molar-refractivity contribution in [2.45, 2.75) is 51.2 Å². The van der Waals surface area contributed by atoms with E-state index in [4.69, 9.17) is 0 Å². The number of sulfone groups is 1. The summed E-state index contributed by atoms with van der Waals surface area (Å²) in [6, 6.07) is 0. The van der Waals surface area contributed by atoms with Crippen LogP contribution >= 0.6 is 0 Å². The number of hydrogen-bond acceptors (Lipinski definition) is 6. The lowest BCUT2D eigenvalue weighted by Gasteiger charge is -2.06. The van der Waals surface area contributed by atoms with Crippen LogP contribution in [-0.2, 0) is 21.1 Å². The lowest BCUT2D eigenvalue weighted by molar-refractivity contribution is -0.118. The van der Waals surface area contributed by atoms with Crippen LogP contribution in [0.5, 0.6) is 0 Å². The highest BCUT2D eigenvalue weighted by molar-refractivity contribution is 7.91. The molecule has 0 fully saturated rings. The second kappa shape index (κ2) is 8.04. The van der Waals surface area contributed by atoms with Gasteiger partial charge in [0, 0.05) is 6.42 Å². The van der Waals surface area contributed by atoms with E-state index in [0.717, 1.165) is 6.42 Å². The average molecular weight is 299 g/mol. The number of hydrogen-bond donors (Lipinski definition) is 0. The van der Waals surface area contributed by atoms with E-state index < -0.39 is 9.84 Å². The summed E-state index contributed by atoms with van der Waals surface area (Å²) in [6.07, 6.45) is 5.45. The van der Waals surface area contributed by atoms with Gasteiger partial charge in [-0.25, -0.2) is 23.4 Å². The molecule has 0 N–H and O–H groups in total. The van der Waals surface area contributed by atoms with Gasteiger partial charge in [-0.15, -0.1) is 0 Å². The van der Waals surface area contributed by atoms with Crippen LogP contribution in [0.25, 0.3) is 0 Å². The van der Waals surface area contributed by atoms with Crippen LogP contribution in [0.1, 0.15) is 45.4 Å². The third-order valence-corrected chi connectivity index (χ3v) is 5.30. The molecule has 0 atom stereocenters. The lowest BCUT2D eigenvalue weighted by Crippen LogP contribution is -2.17. The SMILES string of the molecule is CC(C)S(=O)(=O)CCCCCC(=O)Cc1ncncn1. The van der Waals surface area contributed by atoms with E-state index in [9.17, 15) is 13.2 Å². The molecule has 0 saturated carbocycles. The normalized spacial score (nSPS) is 11.8. The zero-order valence-electron chi connectivity index (χ0n) is 11.9. The van der Waals surface area contributed by atoms with Gasteiger partial charge in [0.15, 0.2) is 9.84 Å². The number of Topliss-reactive ketones (excluding diaryl/α,β-unsaturated/α-hetero) is 1. The highest BCUT2D eigenvalue weighted by atomic mass is 32.2. The third-order valence-electron chi connectivity index (χ3n) is 3.00. The van der Waals surface area contributed by atoms with Crippen molar-refractivity contribution in [1.82, 2.24) is 15.0 Å². The van der Waals surface area contributed by atoms with Gasteiger partial charge in [0.25, 0.3) is 0 Å². The van der Waals surface area contributed by atoms with Crippen molar-refractivity contribution < 1.29 is 13.2 Å². The molecule has 0 saturated heterocycles. The van der Waals surface area contributed by atoms with Crippen LogP contribution in [0.15, 0.2) is 12.7 Å². The first-order valence-electron chi connectivity index (χ1n) is 6.76. The first-order valence-corrected chi connectivity index (χ1v) is 8.47. The summed E-state index contributed by atoms with van der Waals surface area (Å²) in [5, 5.41) is -0.326. The molecule has 1 heterocycles. The molecule has 20 heavy (non-hydrogen) atoms. The smallest absolute Gasteiger partial charge is 0.152 e. The van der Waals surface area contributed by atoms with Gasteiger partial charge in [0.1, 0.15) is 24.3 Å². The van der Waals surface area contributed by atoms with Gasteiger partial charge in [0.05, 0.1) is 17.4 Å². The van der Waals surface area contributed by atoms with Crippen LogP contribution in [-0.4, -0.2) is 40.2 Å². The minimum Gasteiger partial charge on any atom is -0.299 e. The Morgan fingerprint density at radius 2 is 1.80 bits per heavy atom. The van der Waals surface area contributed by atoms with Crippen LogP contribution in [0.3, 0.4) is 0 Å². The summed E-state index contributed by atoms with van der Waals surface area (Å²) in [5.74, 6) is 0.752. The van der Waals surface area contributed by atoms with Gasteiger partial charge in [-0.05, 0) is 26.7 Å². The minimum atomic E-state index is -2.96. The monoisotopic (exact) mass is 299 g/mol. The molecule has 1 rings (SSSR count). The van der Waals surface area contributed by atoms with E-state index in [1.54, 1.807) is 13.8 Å². The third kappa shape index (κ3) is 6.18. The van der Waals surface area contributed by atoms with Gasteiger partial charge >= 0.3 is 0 Å². The fourth-order valence-electron chi connectivity index (χ4n) is 1.66. The Morgan fingerprint density at radius 3 is 2.40 bits per heavy atom. The number of carbonyl (C=O) groups excluding carboxylic acids is 1. The zero-order chi connectivity index (χ0) is 15.0. The molecule has 0 aromatic carbocycles. The van der Waals surface area contributed by atoms with Gasteiger partial charge < -0.3 is 0 Å². The van der Waals surface area contributed by atoms with Crippen molar-refractivity contribution in [2.75, 3.05) is 5.75 Å². The Hall–Kier alpha value is -1.37. The lowest BCUT2D eigenvalue weighted by atomic mass is 10.1. The maximum absolute atomic E-state index is 11.7. The van der Waals surface area contributed by atoms with Crippen molar-refractivity contribution in [3.05, 3.63) is 18.5 Å².